The van der Waals surface area contributed by atoms with Crippen LogP contribution in [0, 0.1) is 0 Å². The first kappa shape index (κ1) is 15.2. The molecule has 0 atom stereocenters. The molecule has 1 heterocycles. The maximum absolute atomic E-state index is 10.7. The van der Waals surface area contributed by atoms with Crippen LogP contribution < -0.4 is 0 Å². The third-order valence-corrected chi connectivity index (χ3v) is 3.47. The van der Waals surface area contributed by atoms with Crippen molar-refractivity contribution in [2.75, 3.05) is 46.4 Å². The molecule has 1 aliphatic heterocycles. The first-order valence-electron chi connectivity index (χ1n) is 6.93. The lowest BCUT2D eigenvalue weighted by Gasteiger charge is -2.33. The van der Waals surface area contributed by atoms with Crippen molar-refractivity contribution < 1.29 is 14.6 Å². The van der Waals surface area contributed by atoms with Crippen LogP contribution in [0.4, 0.5) is 4.79 Å². The zero-order chi connectivity index (χ0) is 13.2. The van der Waals surface area contributed by atoms with Crippen LogP contribution in [-0.2, 0) is 4.74 Å². The molecular weight excluding hydrogens is 232 g/mol. The van der Waals surface area contributed by atoms with Gasteiger partial charge in [-0.15, -0.1) is 0 Å². The van der Waals surface area contributed by atoms with Crippen molar-refractivity contribution in [2.45, 2.75) is 32.1 Å². The van der Waals surface area contributed by atoms with Crippen LogP contribution in [0.25, 0.3) is 0 Å². The Morgan fingerprint density at radius 2 is 1.67 bits per heavy atom. The van der Waals surface area contributed by atoms with Crippen LogP contribution in [0.1, 0.15) is 32.1 Å². The van der Waals surface area contributed by atoms with E-state index in [0.29, 0.717) is 13.1 Å². The van der Waals surface area contributed by atoms with Gasteiger partial charge in [0, 0.05) is 39.9 Å². The second kappa shape index (κ2) is 9.16. The van der Waals surface area contributed by atoms with Crippen LogP contribution in [0.5, 0.6) is 0 Å². The average Bonchev–Trinajstić information content (AvgIpc) is 2.38. The fourth-order valence-electron chi connectivity index (χ4n) is 2.27. The maximum atomic E-state index is 10.7. The molecule has 5 heteroatoms. The van der Waals surface area contributed by atoms with E-state index in [1.54, 1.807) is 7.11 Å². The van der Waals surface area contributed by atoms with Crippen molar-refractivity contribution in [1.29, 1.82) is 0 Å². The molecular formula is C13H26N2O3. The first-order valence-corrected chi connectivity index (χ1v) is 6.93. The minimum Gasteiger partial charge on any atom is -0.465 e. The van der Waals surface area contributed by atoms with Gasteiger partial charge in [-0.3, -0.25) is 4.90 Å². The van der Waals surface area contributed by atoms with Crippen LogP contribution in [0.2, 0.25) is 0 Å². The Morgan fingerprint density at radius 3 is 2.28 bits per heavy atom. The maximum Gasteiger partial charge on any atom is 0.407 e. The van der Waals surface area contributed by atoms with Crippen molar-refractivity contribution in [3.63, 3.8) is 0 Å². The van der Waals surface area contributed by atoms with Gasteiger partial charge in [0.15, 0.2) is 0 Å². The van der Waals surface area contributed by atoms with E-state index >= 15 is 0 Å². The monoisotopic (exact) mass is 258 g/mol. The summed E-state index contributed by atoms with van der Waals surface area (Å²) in [7, 11) is 1.75. The van der Waals surface area contributed by atoms with Crippen molar-refractivity contribution >= 4 is 6.09 Å². The molecule has 1 rings (SSSR count). The topological polar surface area (TPSA) is 53.0 Å². The lowest BCUT2D eigenvalue weighted by Crippen LogP contribution is -2.48. The zero-order valence-corrected chi connectivity index (χ0v) is 11.4. The number of unbranched alkanes of at least 4 members (excludes halogenated alkanes) is 4. The normalized spacial score (nSPS) is 17.1. The van der Waals surface area contributed by atoms with Crippen molar-refractivity contribution in [3.8, 4) is 0 Å². The second-order valence-corrected chi connectivity index (χ2v) is 4.87. The minimum atomic E-state index is -0.784. The van der Waals surface area contributed by atoms with Crippen LogP contribution in [0.3, 0.4) is 0 Å². The summed E-state index contributed by atoms with van der Waals surface area (Å²) in [5, 5.41) is 8.84. The third-order valence-electron chi connectivity index (χ3n) is 3.47. The van der Waals surface area contributed by atoms with Crippen LogP contribution in [-0.4, -0.2) is 67.4 Å². The molecule has 0 radical (unpaired) electrons. The Bertz CT molecular complexity index is 228. The minimum absolute atomic E-state index is 0.656. The Hall–Kier alpha value is -0.810. The summed E-state index contributed by atoms with van der Waals surface area (Å²) < 4.78 is 5.01. The number of carbonyl (C=O) groups is 1. The standard InChI is InChI=1S/C13H26N2O3/c1-18-12-6-4-2-3-5-7-14-8-10-15(11-9-14)13(16)17/h2-12H2,1H3,(H,16,17). The smallest absolute Gasteiger partial charge is 0.407 e. The summed E-state index contributed by atoms with van der Waals surface area (Å²) in [6.07, 6.45) is 5.39. The summed E-state index contributed by atoms with van der Waals surface area (Å²) >= 11 is 0. The van der Waals surface area contributed by atoms with Gasteiger partial charge in [-0.1, -0.05) is 19.3 Å². The number of amides is 1. The van der Waals surface area contributed by atoms with Gasteiger partial charge in [0.1, 0.15) is 0 Å². The molecule has 1 N–H and O–H groups in total. The molecule has 1 saturated heterocycles. The van der Waals surface area contributed by atoms with Crippen molar-refractivity contribution in [2.24, 2.45) is 0 Å². The van der Waals surface area contributed by atoms with Gasteiger partial charge in [0.05, 0.1) is 0 Å². The van der Waals surface area contributed by atoms with E-state index in [2.05, 4.69) is 4.90 Å². The highest BCUT2D eigenvalue weighted by molar-refractivity contribution is 5.65. The Labute approximate surface area is 110 Å². The quantitative estimate of drug-likeness (QED) is 0.675. The highest BCUT2D eigenvalue weighted by Gasteiger charge is 2.19. The molecule has 0 saturated carbocycles. The number of methoxy groups -OCH3 is 1. The summed E-state index contributed by atoms with van der Waals surface area (Å²) in [5.74, 6) is 0. The predicted octanol–water partition coefficient (Wildman–Crippen LogP) is 1.88. The zero-order valence-electron chi connectivity index (χ0n) is 11.4. The molecule has 1 fully saturated rings. The first-order chi connectivity index (χ1) is 8.74. The molecule has 0 spiro atoms. The molecule has 1 aliphatic rings. The number of hydrogen-bond donors (Lipinski definition) is 1. The van der Waals surface area contributed by atoms with Gasteiger partial charge in [-0.2, -0.15) is 0 Å². The van der Waals surface area contributed by atoms with E-state index in [9.17, 15) is 4.79 Å². The summed E-state index contributed by atoms with van der Waals surface area (Å²) in [6.45, 7) is 5.06. The molecule has 0 aromatic heterocycles. The van der Waals surface area contributed by atoms with Gasteiger partial charge in [-0.25, -0.2) is 4.79 Å². The number of carboxylic acid groups (broad SMARTS) is 1. The fraction of sp³-hybridized carbons (Fsp3) is 0.923. The highest BCUT2D eigenvalue weighted by atomic mass is 16.5. The van der Waals surface area contributed by atoms with Crippen molar-refractivity contribution in [1.82, 2.24) is 9.80 Å². The van der Waals surface area contributed by atoms with Gasteiger partial charge in [0.2, 0.25) is 0 Å². The van der Waals surface area contributed by atoms with Crippen LogP contribution >= 0.6 is 0 Å². The number of hydrogen-bond acceptors (Lipinski definition) is 3. The highest BCUT2D eigenvalue weighted by Crippen LogP contribution is 2.07. The number of ether oxygens (including phenoxy) is 1. The molecule has 106 valence electrons. The van der Waals surface area contributed by atoms with Crippen LogP contribution in [0.15, 0.2) is 0 Å². The molecule has 0 unspecified atom stereocenters. The molecule has 5 nitrogen and oxygen atoms in total. The Morgan fingerprint density at radius 1 is 1.06 bits per heavy atom. The molecule has 0 aliphatic carbocycles. The third kappa shape index (κ3) is 6.21. The number of nitrogens with zero attached hydrogens (tertiary/aromatic N) is 2. The van der Waals surface area contributed by atoms with Crippen molar-refractivity contribution in [3.05, 3.63) is 0 Å². The molecule has 18 heavy (non-hydrogen) atoms. The van der Waals surface area contributed by atoms with Gasteiger partial charge in [-0.05, 0) is 19.4 Å². The molecule has 1 amide bonds. The van der Waals surface area contributed by atoms with Gasteiger partial charge in [0.25, 0.3) is 0 Å². The second-order valence-electron chi connectivity index (χ2n) is 4.87. The summed E-state index contributed by atoms with van der Waals surface area (Å²) in [6, 6.07) is 0. The summed E-state index contributed by atoms with van der Waals surface area (Å²) in [5.41, 5.74) is 0. The Kier molecular flexibility index (Phi) is 7.76. The number of piperazine rings is 1. The van der Waals surface area contributed by atoms with E-state index in [-0.39, 0.29) is 0 Å². The van der Waals surface area contributed by atoms with Gasteiger partial charge >= 0.3 is 6.09 Å². The van der Waals surface area contributed by atoms with E-state index in [1.165, 1.54) is 30.6 Å². The summed E-state index contributed by atoms with van der Waals surface area (Å²) in [4.78, 5) is 14.6. The lowest BCUT2D eigenvalue weighted by molar-refractivity contribution is 0.105. The Balaban J connectivity index is 1.93. The molecule has 0 aromatic rings. The molecule has 0 bridgehead atoms. The largest absolute Gasteiger partial charge is 0.465 e. The average molecular weight is 258 g/mol. The van der Waals surface area contributed by atoms with Gasteiger partial charge < -0.3 is 14.7 Å². The van der Waals surface area contributed by atoms with E-state index < -0.39 is 6.09 Å². The fourth-order valence-corrected chi connectivity index (χ4v) is 2.27. The molecule has 0 aromatic carbocycles. The van der Waals surface area contributed by atoms with E-state index in [0.717, 1.165) is 32.7 Å². The lowest BCUT2D eigenvalue weighted by atomic mass is 10.1. The van der Waals surface area contributed by atoms with E-state index in [4.69, 9.17) is 9.84 Å². The SMILES string of the molecule is COCCCCCCCN1CCN(C(=O)O)CC1. The van der Waals surface area contributed by atoms with E-state index in [1.807, 2.05) is 0 Å². The number of rotatable bonds is 8. The predicted molar refractivity (Wildman–Crippen MR) is 71.0 cm³/mol.